The number of imidazole rings is 1. The predicted molar refractivity (Wildman–Crippen MR) is 81.3 cm³/mol. The average Bonchev–Trinajstić information content (AvgIpc) is 2.83. The summed E-state index contributed by atoms with van der Waals surface area (Å²) in [6.07, 6.45) is 1.66. The number of nitrogens with one attached hydrogen (secondary N) is 1. The van der Waals surface area contributed by atoms with Crippen molar-refractivity contribution in [1.82, 2.24) is 14.1 Å². The molecule has 3 N–H and O–H groups in total. The van der Waals surface area contributed by atoms with Crippen LogP contribution in [-0.4, -0.2) is 24.3 Å². The van der Waals surface area contributed by atoms with Gasteiger partial charge in [-0.1, -0.05) is 27.7 Å². The van der Waals surface area contributed by atoms with Crippen LogP contribution in [-0.2, 0) is 10.0 Å². The van der Waals surface area contributed by atoms with Crippen LogP contribution in [0.2, 0.25) is 0 Å². The summed E-state index contributed by atoms with van der Waals surface area (Å²) in [6.45, 7) is 8.62. The van der Waals surface area contributed by atoms with Gasteiger partial charge >= 0.3 is 0 Å². The zero-order valence-corrected chi connectivity index (χ0v) is 13.7. The van der Waals surface area contributed by atoms with Crippen molar-refractivity contribution in [2.24, 2.45) is 11.3 Å². The Balaban J connectivity index is 2.27. The van der Waals surface area contributed by atoms with Crippen molar-refractivity contribution >= 4 is 32.1 Å². The summed E-state index contributed by atoms with van der Waals surface area (Å²) < 4.78 is 29.0. The Labute approximate surface area is 123 Å². The molecule has 0 aliphatic rings. The van der Waals surface area contributed by atoms with Crippen LogP contribution in [0.5, 0.6) is 0 Å². The van der Waals surface area contributed by atoms with E-state index in [1.54, 1.807) is 11.6 Å². The largest absolute Gasteiger partial charge is 0.381 e. The van der Waals surface area contributed by atoms with Crippen LogP contribution < -0.4 is 10.5 Å². The zero-order chi connectivity index (χ0) is 15.1. The number of nitrogen functional groups attached to an aromatic ring is 1. The minimum absolute atomic E-state index is 0.0230. The van der Waals surface area contributed by atoms with Gasteiger partial charge in [0.1, 0.15) is 0 Å². The van der Waals surface area contributed by atoms with Gasteiger partial charge in [0.2, 0.25) is 0 Å². The first-order valence-electron chi connectivity index (χ1n) is 6.33. The molecule has 2 rings (SSSR count). The molecule has 1 atom stereocenters. The quantitative estimate of drug-likeness (QED) is 0.902. The van der Waals surface area contributed by atoms with Gasteiger partial charge in [-0.05, 0) is 11.3 Å². The molecule has 0 aromatic carbocycles. The van der Waals surface area contributed by atoms with Crippen molar-refractivity contribution in [3.05, 3.63) is 11.6 Å². The van der Waals surface area contributed by atoms with E-state index in [9.17, 15) is 8.42 Å². The molecule has 0 saturated carbocycles. The molecule has 0 fully saturated rings. The molecule has 0 spiro atoms. The lowest BCUT2D eigenvalue weighted by Gasteiger charge is -2.27. The Hall–Kier alpha value is -1.12. The number of hydrogen-bond donors (Lipinski definition) is 2. The number of fused-ring (bicyclic) bond motifs is 1. The molecule has 20 heavy (non-hydrogen) atoms. The third-order valence-corrected chi connectivity index (χ3v) is 5.77. The second kappa shape index (κ2) is 5.01. The smallest absolute Gasteiger partial charge is 0.260 e. The second-order valence-electron chi connectivity index (χ2n) is 5.98. The standard InChI is InChI=1S/C12H20N4O2S2/c1-8(12(2,3)4)7-14-20(17,18)10-9(13)15-11-16(10)5-6-19-11/h5-6,8,14H,7,13H2,1-4H3. The maximum atomic E-state index is 12.4. The minimum atomic E-state index is -3.67. The summed E-state index contributed by atoms with van der Waals surface area (Å²) >= 11 is 1.35. The third-order valence-electron chi connectivity index (χ3n) is 3.56. The lowest BCUT2D eigenvalue weighted by Crippen LogP contribution is -2.34. The SMILES string of the molecule is CC(CNS(=O)(=O)c1c(N)nc2sccn12)C(C)(C)C. The van der Waals surface area contributed by atoms with E-state index in [2.05, 4.69) is 30.5 Å². The van der Waals surface area contributed by atoms with Crippen LogP contribution in [0.25, 0.3) is 4.96 Å². The highest BCUT2D eigenvalue weighted by Gasteiger charge is 2.27. The van der Waals surface area contributed by atoms with E-state index in [1.807, 2.05) is 6.92 Å². The van der Waals surface area contributed by atoms with Gasteiger partial charge in [0, 0.05) is 18.1 Å². The van der Waals surface area contributed by atoms with Crippen molar-refractivity contribution in [2.75, 3.05) is 12.3 Å². The fraction of sp³-hybridized carbons (Fsp3) is 0.583. The molecule has 1 unspecified atom stereocenters. The Morgan fingerprint density at radius 3 is 2.75 bits per heavy atom. The highest BCUT2D eigenvalue weighted by Crippen LogP contribution is 2.26. The monoisotopic (exact) mass is 316 g/mol. The van der Waals surface area contributed by atoms with Gasteiger partial charge in [-0.25, -0.2) is 18.1 Å². The number of nitrogens with zero attached hydrogens (tertiary/aromatic N) is 2. The topological polar surface area (TPSA) is 89.5 Å². The lowest BCUT2D eigenvalue weighted by atomic mass is 9.82. The highest BCUT2D eigenvalue weighted by molar-refractivity contribution is 7.89. The molecule has 0 radical (unpaired) electrons. The van der Waals surface area contributed by atoms with E-state index in [0.29, 0.717) is 11.5 Å². The number of anilines is 1. The second-order valence-corrected chi connectivity index (χ2v) is 8.53. The molecule has 112 valence electrons. The molecular weight excluding hydrogens is 296 g/mol. The maximum absolute atomic E-state index is 12.4. The molecule has 2 heterocycles. The number of thiazole rings is 1. The van der Waals surface area contributed by atoms with Gasteiger partial charge in [0.25, 0.3) is 10.0 Å². The summed E-state index contributed by atoms with van der Waals surface area (Å²) in [6, 6.07) is 0. The van der Waals surface area contributed by atoms with Crippen molar-refractivity contribution in [3.63, 3.8) is 0 Å². The predicted octanol–water partition coefficient (Wildman–Crippen LogP) is 1.94. The van der Waals surface area contributed by atoms with Crippen LogP contribution >= 0.6 is 11.3 Å². The molecule has 0 aliphatic carbocycles. The van der Waals surface area contributed by atoms with Gasteiger partial charge in [0.05, 0.1) is 0 Å². The number of sulfonamides is 1. The molecule has 2 aromatic heterocycles. The first kappa shape index (κ1) is 15.3. The van der Waals surface area contributed by atoms with E-state index in [-0.39, 0.29) is 22.2 Å². The number of rotatable bonds is 4. The third kappa shape index (κ3) is 2.82. The molecule has 0 amide bonds. The highest BCUT2D eigenvalue weighted by atomic mass is 32.2. The molecule has 8 heteroatoms. The zero-order valence-electron chi connectivity index (χ0n) is 12.0. The van der Waals surface area contributed by atoms with Crippen LogP contribution in [0.15, 0.2) is 16.6 Å². The van der Waals surface area contributed by atoms with E-state index < -0.39 is 10.0 Å². The lowest BCUT2D eigenvalue weighted by molar-refractivity contribution is 0.263. The first-order chi connectivity index (χ1) is 9.13. The van der Waals surface area contributed by atoms with Crippen molar-refractivity contribution in [3.8, 4) is 0 Å². The Kier molecular flexibility index (Phi) is 3.83. The van der Waals surface area contributed by atoms with Gasteiger partial charge in [0.15, 0.2) is 15.8 Å². The molecular formula is C12H20N4O2S2. The van der Waals surface area contributed by atoms with E-state index in [1.165, 1.54) is 15.7 Å². The summed E-state index contributed by atoms with van der Waals surface area (Å²) in [5, 5.41) is 1.80. The van der Waals surface area contributed by atoms with Crippen LogP contribution in [0.3, 0.4) is 0 Å². The average molecular weight is 316 g/mol. The van der Waals surface area contributed by atoms with E-state index >= 15 is 0 Å². The van der Waals surface area contributed by atoms with Crippen molar-refractivity contribution < 1.29 is 8.42 Å². The summed E-state index contributed by atoms with van der Waals surface area (Å²) in [5.74, 6) is 0.233. The van der Waals surface area contributed by atoms with Crippen molar-refractivity contribution in [1.29, 1.82) is 0 Å². The van der Waals surface area contributed by atoms with E-state index in [4.69, 9.17) is 5.73 Å². The fourth-order valence-electron chi connectivity index (χ4n) is 1.66. The normalized spacial score (nSPS) is 14.8. The number of hydrogen-bond acceptors (Lipinski definition) is 5. The summed E-state index contributed by atoms with van der Waals surface area (Å²) in [5.41, 5.74) is 5.76. The Bertz CT molecular complexity index is 709. The van der Waals surface area contributed by atoms with Crippen LogP contribution in [0.4, 0.5) is 5.82 Å². The molecule has 2 aromatic rings. The molecule has 0 saturated heterocycles. The van der Waals surface area contributed by atoms with Crippen LogP contribution in [0.1, 0.15) is 27.7 Å². The minimum Gasteiger partial charge on any atom is -0.381 e. The fourth-order valence-corrected chi connectivity index (χ4v) is 3.77. The van der Waals surface area contributed by atoms with Gasteiger partial charge < -0.3 is 5.73 Å². The van der Waals surface area contributed by atoms with Gasteiger partial charge in [-0.15, -0.1) is 11.3 Å². The van der Waals surface area contributed by atoms with Crippen LogP contribution in [0, 0.1) is 11.3 Å². The maximum Gasteiger partial charge on any atom is 0.260 e. The first-order valence-corrected chi connectivity index (χ1v) is 8.70. The summed E-state index contributed by atoms with van der Waals surface area (Å²) in [4.78, 5) is 4.63. The molecule has 0 aliphatic heterocycles. The van der Waals surface area contributed by atoms with E-state index in [0.717, 1.165) is 0 Å². The Morgan fingerprint density at radius 2 is 2.15 bits per heavy atom. The molecule has 0 bridgehead atoms. The molecule has 6 nitrogen and oxygen atoms in total. The number of nitrogens with two attached hydrogens (primary N) is 1. The van der Waals surface area contributed by atoms with Gasteiger partial charge in [-0.3, -0.25) is 4.40 Å². The van der Waals surface area contributed by atoms with Crippen molar-refractivity contribution in [2.45, 2.75) is 32.7 Å². The number of aromatic nitrogens is 2. The van der Waals surface area contributed by atoms with Gasteiger partial charge in [-0.2, -0.15) is 0 Å². The Morgan fingerprint density at radius 1 is 1.50 bits per heavy atom. The summed E-state index contributed by atoms with van der Waals surface area (Å²) in [7, 11) is -3.67.